The Hall–Kier alpha value is -10.1. The highest BCUT2D eigenvalue weighted by Gasteiger charge is 2.23. The molecule has 0 aliphatic rings. The summed E-state index contributed by atoms with van der Waals surface area (Å²) >= 11 is 0. The number of fused-ring (bicyclic) bond motifs is 8. The predicted octanol–water partition coefficient (Wildman–Crippen LogP) is 30.0. The zero-order chi connectivity index (χ0) is 72.5. The van der Waals surface area contributed by atoms with Gasteiger partial charge in [-0.15, -0.1) is 0 Å². The average Bonchev–Trinajstić information content (AvgIpc) is 0.742. The third kappa shape index (κ3) is 16.0. The molecule has 0 aliphatic heterocycles. The van der Waals surface area contributed by atoms with Crippen molar-refractivity contribution in [3.05, 3.63) is 337 Å². The standard InChI is InChI=1S/C20H18.3C18H18.2C14H16/c1-20(2,3)17-12-10-15-8-7-13-5-4-6-14-9-11-16(17)19(15)18(13)14;1-18(2,3)17-15-10-6-4-8-13(15)12-14-9-5-7-11-16(14)17;1-18(2,3)17-10-6-9-15-11-13-7-4-5-8-14(13)12-16(15)17;1-18(2,3)17-9-8-15-10-13-6-4-5-7-14(13)11-16(15)12-17;1-14(2,3)13-10-6-8-11-7-4-5-9-12(11)13;1-14(2,3)13-9-8-11-6-4-5-7-12(11)10-13/h4-12H,1-3H3;3*4-12H,1-3H3;2*4-10H,1-3H3. The zero-order valence-electron chi connectivity index (χ0n) is 63.9. The Morgan fingerprint density at radius 1 is 0.147 bits per heavy atom. The second kappa shape index (κ2) is 28.7. The summed E-state index contributed by atoms with van der Waals surface area (Å²) in [6.45, 7) is 40.9. The molecule has 0 heteroatoms. The zero-order valence-corrected chi connectivity index (χ0v) is 63.9. The van der Waals surface area contributed by atoms with E-state index >= 15 is 0 Å². The van der Waals surface area contributed by atoms with Gasteiger partial charge in [-0.25, -0.2) is 0 Å². The molecule has 17 rings (SSSR count). The fourth-order valence-corrected chi connectivity index (χ4v) is 14.8. The fraction of sp³-hybridized carbons (Fsp3) is 0.235. The van der Waals surface area contributed by atoms with Crippen LogP contribution < -0.4 is 0 Å². The SMILES string of the molecule is CC(C)(C)c1c2ccccc2cc2ccccc12.CC(C)(C)c1ccc2cc3ccccc3cc2c1.CC(C)(C)c1ccc2ccc3cccc4ccc1c2c34.CC(C)(C)c1ccc2ccccc2c1.CC(C)(C)c1cccc2cc3ccccc3cc12.CC(C)(C)c1cccc2ccccc12. The van der Waals surface area contributed by atoms with E-state index in [4.69, 9.17) is 0 Å². The lowest BCUT2D eigenvalue weighted by Gasteiger charge is -2.24. The molecule has 0 nitrogen and oxygen atoms in total. The van der Waals surface area contributed by atoms with Gasteiger partial charge in [0.25, 0.3) is 0 Å². The first-order valence-corrected chi connectivity index (χ1v) is 36.8. The van der Waals surface area contributed by atoms with Crippen molar-refractivity contribution in [3.8, 4) is 0 Å². The second-order valence-electron chi connectivity index (χ2n) is 34.2. The molecule has 0 atom stereocenters. The summed E-state index contributed by atoms with van der Waals surface area (Å²) in [5.41, 5.74) is 9.71. The van der Waals surface area contributed by atoms with Gasteiger partial charge < -0.3 is 0 Å². The van der Waals surface area contributed by atoms with Crippen LogP contribution in [-0.2, 0) is 32.5 Å². The van der Waals surface area contributed by atoms with Crippen LogP contribution >= 0.6 is 0 Å². The molecule has 17 aromatic carbocycles. The highest BCUT2D eigenvalue weighted by atomic mass is 14.3. The molecule has 0 heterocycles. The van der Waals surface area contributed by atoms with Gasteiger partial charge in [-0.3, -0.25) is 0 Å². The van der Waals surface area contributed by atoms with E-state index < -0.39 is 0 Å². The van der Waals surface area contributed by atoms with E-state index in [1.54, 1.807) is 0 Å². The number of hydrogen-bond acceptors (Lipinski definition) is 0. The molecule has 0 bridgehead atoms. The van der Waals surface area contributed by atoms with E-state index in [0.29, 0.717) is 0 Å². The van der Waals surface area contributed by atoms with Crippen LogP contribution in [-0.4, -0.2) is 0 Å². The molecule has 0 radical (unpaired) electrons. The maximum absolute atomic E-state index is 2.32. The highest BCUT2D eigenvalue weighted by molar-refractivity contribution is 6.23. The highest BCUT2D eigenvalue weighted by Crippen LogP contribution is 2.41. The van der Waals surface area contributed by atoms with Crippen molar-refractivity contribution >= 4 is 118 Å². The van der Waals surface area contributed by atoms with Crippen molar-refractivity contribution in [1.29, 1.82) is 0 Å². The van der Waals surface area contributed by atoms with E-state index in [1.165, 1.54) is 152 Å². The molecule has 0 N–H and O–H groups in total. The largest absolute Gasteiger partial charge is 0.0616 e. The summed E-state index contributed by atoms with van der Waals surface area (Å²) in [5, 5.41) is 29.7. The van der Waals surface area contributed by atoms with Crippen molar-refractivity contribution in [2.45, 2.75) is 157 Å². The van der Waals surface area contributed by atoms with E-state index in [1.807, 2.05) is 0 Å². The van der Waals surface area contributed by atoms with Crippen LogP contribution in [0.15, 0.2) is 303 Å². The van der Waals surface area contributed by atoms with Gasteiger partial charge in [0.15, 0.2) is 0 Å². The number of hydrogen-bond donors (Lipinski definition) is 0. The lowest BCUT2D eigenvalue weighted by molar-refractivity contribution is 0.591. The molecule has 0 spiro atoms. The molecule has 0 fully saturated rings. The Bertz CT molecular complexity index is 5690. The first kappa shape index (κ1) is 71.7. The molecule has 0 aliphatic carbocycles. The first-order chi connectivity index (χ1) is 48.4. The minimum absolute atomic E-state index is 0.153. The fourth-order valence-electron chi connectivity index (χ4n) is 14.8. The molecule has 512 valence electrons. The normalized spacial score (nSPS) is 12.2. The van der Waals surface area contributed by atoms with E-state index in [-0.39, 0.29) is 32.5 Å². The maximum atomic E-state index is 2.32. The maximum Gasteiger partial charge on any atom is -0.00238 e. The lowest BCUT2D eigenvalue weighted by atomic mass is 9.80. The quantitative estimate of drug-likeness (QED) is 0.105. The monoisotopic (exact) mass is 1330 g/mol. The van der Waals surface area contributed by atoms with Crippen LogP contribution in [0.3, 0.4) is 0 Å². The van der Waals surface area contributed by atoms with Crippen molar-refractivity contribution in [3.63, 3.8) is 0 Å². The van der Waals surface area contributed by atoms with Crippen LogP contribution in [0.5, 0.6) is 0 Å². The van der Waals surface area contributed by atoms with Crippen molar-refractivity contribution in [1.82, 2.24) is 0 Å². The van der Waals surface area contributed by atoms with E-state index in [9.17, 15) is 0 Å². The van der Waals surface area contributed by atoms with E-state index in [2.05, 4.69) is 428 Å². The molecule has 102 heavy (non-hydrogen) atoms. The van der Waals surface area contributed by atoms with Gasteiger partial charge >= 0.3 is 0 Å². The van der Waals surface area contributed by atoms with Gasteiger partial charge in [-0.1, -0.05) is 398 Å². The summed E-state index contributed by atoms with van der Waals surface area (Å²) in [4.78, 5) is 0. The lowest BCUT2D eigenvalue weighted by Crippen LogP contribution is -2.12. The minimum Gasteiger partial charge on any atom is -0.0616 e. The summed E-state index contributed by atoms with van der Waals surface area (Å²) in [6.07, 6.45) is 0. The van der Waals surface area contributed by atoms with Crippen molar-refractivity contribution < 1.29 is 0 Å². The molecule has 0 saturated heterocycles. The molecule has 0 saturated carbocycles. The Balaban J connectivity index is 0.000000116. The Morgan fingerprint density at radius 3 is 0.941 bits per heavy atom. The Kier molecular flexibility index (Phi) is 20.2. The van der Waals surface area contributed by atoms with Gasteiger partial charge in [-0.05, 0) is 215 Å². The molecule has 0 aromatic heterocycles. The summed E-state index contributed by atoms with van der Waals surface area (Å²) in [7, 11) is 0. The average molecular weight is 1330 g/mol. The third-order valence-corrected chi connectivity index (χ3v) is 20.2. The third-order valence-electron chi connectivity index (χ3n) is 20.2. The molecule has 0 unspecified atom stereocenters. The second-order valence-corrected chi connectivity index (χ2v) is 34.2. The van der Waals surface area contributed by atoms with Crippen LogP contribution in [0, 0.1) is 0 Å². The van der Waals surface area contributed by atoms with Gasteiger partial charge in [0.2, 0.25) is 0 Å². The predicted molar refractivity (Wildman–Crippen MR) is 455 cm³/mol. The Labute approximate surface area is 608 Å². The van der Waals surface area contributed by atoms with Crippen LogP contribution in [0.25, 0.3) is 118 Å². The molecular weight excluding hydrogens is 1230 g/mol. The van der Waals surface area contributed by atoms with Gasteiger partial charge in [0.05, 0.1) is 0 Å². The molecular formula is C102H104. The van der Waals surface area contributed by atoms with Gasteiger partial charge in [0.1, 0.15) is 0 Å². The van der Waals surface area contributed by atoms with Crippen molar-refractivity contribution in [2.75, 3.05) is 0 Å². The number of rotatable bonds is 0. The summed E-state index contributed by atoms with van der Waals surface area (Å²) in [5.74, 6) is 0. The van der Waals surface area contributed by atoms with Crippen LogP contribution in [0.2, 0.25) is 0 Å². The summed E-state index contributed by atoms with van der Waals surface area (Å²) < 4.78 is 0. The van der Waals surface area contributed by atoms with Crippen molar-refractivity contribution in [2.24, 2.45) is 0 Å². The first-order valence-electron chi connectivity index (χ1n) is 36.8. The molecule has 17 aromatic rings. The topological polar surface area (TPSA) is 0 Å². The molecule has 0 amide bonds. The Morgan fingerprint density at radius 2 is 0.441 bits per heavy atom. The van der Waals surface area contributed by atoms with E-state index in [0.717, 1.165) is 0 Å². The van der Waals surface area contributed by atoms with Crippen LogP contribution in [0.4, 0.5) is 0 Å². The minimum atomic E-state index is 0.153. The smallest absolute Gasteiger partial charge is 0.00238 e. The number of benzene rings is 17. The van der Waals surface area contributed by atoms with Gasteiger partial charge in [0, 0.05) is 0 Å². The van der Waals surface area contributed by atoms with Gasteiger partial charge in [-0.2, -0.15) is 0 Å². The summed E-state index contributed by atoms with van der Waals surface area (Å²) in [6, 6.07) is 110. The van der Waals surface area contributed by atoms with Crippen LogP contribution in [0.1, 0.15) is 158 Å².